The maximum Gasteiger partial charge on any atom is 0.333 e. The van der Waals surface area contributed by atoms with Crippen LogP contribution in [0.25, 0.3) is 27.5 Å². The van der Waals surface area contributed by atoms with E-state index in [0.717, 1.165) is 16.4 Å². The van der Waals surface area contributed by atoms with Gasteiger partial charge >= 0.3 is 5.69 Å². The minimum atomic E-state index is -3.65. The molecule has 0 amide bonds. The molecule has 1 N–H and O–H groups in total. The molecule has 0 fully saturated rings. The minimum absolute atomic E-state index is 0.0203. The highest BCUT2D eigenvalue weighted by atomic mass is 32.2. The summed E-state index contributed by atoms with van der Waals surface area (Å²) in [5, 5.41) is 4.09. The molecule has 0 aliphatic heterocycles. The van der Waals surface area contributed by atoms with Crippen LogP contribution < -0.4 is 11.2 Å². The maximum atomic E-state index is 13.3. The number of rotatable bonds is 6. The number of nitrogens with one attached hydrogen (secondary N) is 1. The van der Waals surface area contributed by atoms with Crippen molar-refractivity contribution in [1.29, 1.82) is 0 Å². The van der Waals surface area contributed by atoms with Gasteiger partial charge in [0, 0.05) is 28.9 Å². The first-order valence-electron chi connectivity index (χ1n) is 9.28. The van der Waals surface area contributed by atoms with Crippen LogP contribution in [0.2, 0.25) is 0 Å². The first-order chi connectivity index (χ1) is 14.6. The summed E-state index contributed by atoms with van der Waals surface area (Å²) in [6.45, 7) is 5.76. The minimum Gasteiger partial charge on any atom is -0.332 e. The van der Waals surface area contributed by atoms with Crippen LogP contribution in [-0.2, 0) is 16.4 Å². The van der Waals surface area contributed by atoms with E-state index in [1.807, 2.05) is 13.0 Å². The molecule has 0 spiro atoms. The van der Waals surface area contributed by atoms with Gasteiger partial charge in [0.1, 0.15) is 11.4 Å². The lowest BCUT2D eigenvalue weighted by atomic mass is 10.1. The monoisotopic (exact) mass is 457 g/mol. The number of hydrogen-bond donors (Lipinski definition) is 1. The highest BCUT2D eigenvalue weighted by Crippen LogP contribution is 2.30. The predicted molar refractivity (Wildman–Crippen MR) is 123 cm³/mol. The van der Waals surface area contributed by atoms with Crippen LogP contribution >= 0.6 is 11.3 Å². The lowest BCUT2D eigenvalue weighted by Crippen LogP contribution is -2.34. The molecule has 10 heteroatoms. The van der Waals surface area contributed by atoms with Crippen molar-refractivity contribution >= 4 is 48.8 Å². The van der Waals surface area contributed by atoms with Gasteiger partial charge in [0.25, 0.3) is 5.56 Å². The first kappa shape index (κ1) is 21.0. The van der Waals surface area contributed by atoms with E-state index in [1.54, 1.807) is 33.5 Å². The summed E-state index contributed by atoms with van der Waals surface area (Å²) in [6, 6.07) is 5.38. The molecule has 0 saturated carbocycles. The Bertz CT molecular complexity index is 1600. The smallest absolute Gasteiger partial charge is 0.332 e. The molecule has 0 bridgehead atoms. The van der Waals surface area contributed by atoms with Crippen LogP contribution in [0, 0.1) is 6.92 Å². The summed E-state index contributed by atoms with van der Waals surface area (Å²) in [4.78, 5) is 42.1. The van der Waals surface area contributed by atoms with E-state index in [4.69, 9.17) is 0 Å². The number of fused-ring (bicyclic) bond motifs is 2. The van der Waals surface area contributed by atoms with Crippen molar-refractivity contribution in [2.45, 2.75) is 13.5 Å². The summed E-state index contributed by atoms with van der Waals surface area (Å²) >= 11 is 1.27. The number of ketones is 1. The van der Waals surface area contributed by atoms with Gasteiger partial charge in [0.15, 0.2) is 15.6 Å². The van der Waals surface area contributed by atoms with Gasteiger partial charge in [-0.15, -0.1) is 17.9 Å². The fourth-order valence-electron chi connectivity index (χ4n) is 3.73. The van der Waals surface area contributed by atoms with E-state index in [0.29, 0.717) is 21.8 Å². The van der Waals surface area contributed by atoms with E-state index in [1.165, 1.54) is 11.3 Å². The number of aromatic nitrogens is 3. The topological polar surface area (TPSA) is 111 Å². The van der Waals surface area contributed by atoms with Crippen LogP contribution in [-0.4, -0.2) is 40.3 Å². The Hall–Kier alpha value is -3.24. The number of allylic oxidation sites excluding steroid dienone is 1. The highest BCUT2D eigenvalue weighted by Gasteiger charge is 2.28. The fourth-order valence-corrected chi connectivity index (χ4v) is 5.10. The molecule has 4 aromatic rings. The summed E-state index contributed by atoms with van der Waals surface area (Å²) in [6.07, 6.45) is 2.53. The number of thiophene rings is 1. The molecule has 0 atom stereocenters. The third-order valence-corrected chi connectivity index (χ3v) is 6.46. The van der Waals surface area contributed by atoms with Crippen molar-refractivity contribution in [1.82, 2.24) is 14.1 Å². The van der Waals surface area contributed by atoms with Gasteiger partial charge in [-0.1, -0.05) is 17.7 Å². The summed E-state index contributed by atoms with van der Waals surface area (Å²) < 4.78 is 26.3. The number of nitrogens with zero attached hydrogens (tertiary/aromatic N) is 2. The number of hydrogen-bond acceptors (Lipinski definition) is 6. The Balaban J connectivity index is 2.21. The van der Waals surface area contributed by atoms with Gasteiger partial charge in [0.2, 0.25) is 0 Å². The third-order valence-electron chi connectivity index (χ3n) is 4.93. The number of sulfone groups is 1. The van der Waals surface area contributed by atoms with Crippen molar-refractivity contribution in [3.63, 3.8) is 0 Å². The van der Waals surface area contributed by atoms with Crippen LogP contribution in [0.5, 0.6) is 0 Å². The highest BCUT2D eigenvalue weighted by molar-refractivity contribution is 7.91. The van der Waals surface area contributed by atoms with Gasteiger partial charge in [0.05, 0.1) is 22.1 Å². The molecule has 0 saturated heterocycles. The standard InChI is InChI=1S/C21H19N3O5S2/c1-4-7-23-16-6-5-12(2)8-13(16)18(19(23)17(25)11-31(3,28)29)24-20(26)14-9-30-10-15(14)22-21(24)27/h4-6,8-10H,1,7,11H2,2-3H3,(H,22,27). The average molecular weight is 458 g/mol. The number of aromatic amines is 1. The fraction of sp³-hybridized carbons (Fsp3) is 0.190. The maximum absolute atomic E-state index is 13.3. The number of carbonyl (C=O) groups excluding carboxylic acids is 1. The molecular weight excluding hydrogens is 438 g/mol. The largest absolute Gasteiger partial charge is 0.333 e. The lowest BCUT2D eigenvalue weighted by Gasteiger charge is -2.10. The summed E-state index contributed by atoms with van der Waals surface area (Å²) in [7, 11) is -3.65. The number of aryl methyl sites for hydroxylation is 1. The molecule has 0 aliphatic rings. The molecule has 0 radical (unpaired) electrons. The van der Waals surface area contributed by atoms with Gasteiger partial charge < -0.3 is 9.55 Å². The second-order valence-corrected chi connectivity index (χ2v) is 10.3. The normalized spacial score (nSPS) is 11.9. The number of benzene rings is 1. The lowest BCUT2D eigenvalue weighted by molar-refractivity contribution is 0.101. The Labute approximate surface area is 181 Å². The third kappa shape index (κ3) is 3.57. The van der Waals surface area contributed by atoms with Crippen molar-refractivity contribution in [3.8, 4) is 5.69 Å². The number of Topliss-reactive ketones (excluding diaryl/α,β-unsaturated/α-hetero) is 1. The summed E-state index contributed by atoms with van der Waals surface area (Å²) in [5.74, 6) is -1.45. The van der Waals surface area contributed by atoms with E-state index in [2.05, 4.69) is 11.6 Å². The molecule has 160 valence electrons. The van der Waals surface area contributed by atoms with E-state index >= 15 is 0 Å². The second-order valence-electron chi connectivity index (χ2n) is 7.38. The molecule has 0 unspecified atom stereocenters. The van der Waals surface area contributed by atoms with Gasteiger partial charge in [-0.3, -0.25) is 9.59 Å². The average Bonchev–Trinajstić information content (AvgIpc) is 3.24. The van der Waals surface area contributed by atoms with Crippen LogP contribution in [0.4, 0.5) is 0 Å². The molecular formula is C21H19N3O5S2. The molecule has 31 heavy (non-hydrogen) atoms. The molecule has 3 aromatic heterocycles. The molecule has 4 rings (SSSR count). The Kier molecular flexibility index (Phi) is 5.06. The summed E-state index contributed by atoms with van der Waals surface area (Å²) in [5.41, 5.74) is 0.630. The van der Waals surface area contributed by atoms with Crippen molar-refractivity contribution < 1.29 is 13.2 Å². The molecule has 0 aliphatic carbocycles. The zero-order chi connectivity index (χ0) is 22.5. The number of H-pyrrole nitrogens is 1. The van der Waals surface area contributed by atoms with Gasteiger partial charge in [-0.25, -0.2) is 17.8 Å². The SMILES string of the molecule is C=CCn1c(C(=O)CS(C)(=O)=O)c(-n2c(=O)[nH]c3cscc3c2=O)c2cc(C)ccc21. The number of carbonyl (C=O) groups is 1. The van der Waals surface area contributed by atoms with Crippen LogP contribution in [0.15, 0.2) is 51.2 Å². The van der Waals surface area contributed by atoms with Crippen molar-refractivity contribution in [2.24, 2.45) is 0 Å². The van der Waals surface area contributed by atoms with E-state index in [-0.39, 0.29) is 17.9 Å². The molecule has 1 aromatic carbocycles. The zero-order valence-electron chi connectivity index (χ0n) is 16.8. The quantitative estimate of drug-likeness (QED) is 0.353. The van der Waals surface area contributed by atoms with Crippen molar-refractivity contribution in [2.75, 3.05) is 12.0 Å². The predicted octanol–water partition coefficient (Wildman–Crippen LogP) is 2.42. The first-order valence-corrected chi connectivity index (χ1v) is 12.3. The van der Waals surface area contributed by atoms with Crippen molar-refractivity contribution in [3.05, 3.63) is 73.7 Å². The second kappa shape index (κ2) is 7.47. The zero-order valence-corrected chi connectivity index (χ0v) is 18.5. The molecule has 8 nitrogen and oxygen atoms in total. The van der Waals surface area contributed by atoms with Gasteiger partial charge in [-0.05, 0) is 19.1 Å². The van der Waals surface area contributed by atoms with E-state index < -0.39 is 32.6 Å². The Morgan fingerprint density at radius 3 is 2.65 bits per heavy atom. The van der Waals surface area contributed by atoms with Gasteiger partial charge in [-0.2, -0.15) is 0 Å². The Morgan fingerprint density at radius 2 is 1.97 bits per heavy atom. The van der Waals surface area contributed by atoms with Crippen LogP contribution in [0.1, 0.15) is 16.1 Å². The molecule has 3 heterocycles. The Morgan fingerprint density at radius 1 is 1.23 bits per heavy atom. The van der Waals surface area contributed by atoms with Crippen LogP contribution in [0.3, 0.4) is 0 Å². The van der Waals surface area contributed by atoms with E-state index in [9.17, 15) is 22.8 Å².